The minimum absolute atomic E-state index is 0.321. The van der Waals surface area contributed by atoms with Crippen LogP contribution in [-0.4, -0.2) is 39.9 Å². The summed E-state index contributed by atoms with van der Waals surface area (Å²) in [5.74, 6) is 2.22. The number of fused-ring (bicyclic) bond motifs is 1. The summed E-state index contributed by atoms with van der Waals surface area (Å²) < 4.78 is 0. The highest BCUT2D eigenvalue weighted by molar-refractivity contribution is 5.90. The van der Waals surface area contributed by atoms with Crippen molar-refractivity contribution in [3.8, 4) is 11.4 Å². The first-order valence-corrected chi connectivity index (χ1v) is 10.6. The average Bonchev–Trinajstić information content (AvgIpc) is 3.42. The second-order valence-electron chi connectivity index (χ2n) is 8.21. The van der Waals surface area contributed by atoms with Crippen LogP contribution in [-0.2, 0) is 4.79 Å². The molecular formula is C24H26N4O. The number of anilines is 1. The molecule has 2 aliphatic rings. The van der Waals surface area contributed by atoms with Crippen LogP contribution in [0.4, 0.5) is 5.82 Å². The van der Waals surface area contributed by atoms with Crippen molar-refractivity contribution in [2.45, 2.75) is 38.1 Å². The van der Waals surface area contributed by atoms with Crippen LogP contribution in [0.5, 0.6) is 0 Å². The fourth-order valence-corrected chi connectivity index (χ4v) is 4.68. The topological polar surface area (TPSA) is 58.1 Å². The highest BCUT2D eigenvalue weighted by atomic mass is 16.2. The van der Waals surface area contributed by atoms with Crippen LogP contribution in [0.15, 0.2) is 54.6 Å². The van der Waals surface area contributed by atoms with E-state index in [9.17, 15) is 4.79 Å². The summed E-state index contributed by atoms with van der Waals surface area (Å²) in [4.78, 5) is 24.2. The predicted molar refractivity (Wildman–Crippen MR) is 116 cm³/mol. The van der Waals surface area contributed by atoms with Gasteiger partial charge in [-0.25, -0.2) is 9.97 Å². The van der Waals surface area contributed by atoms with Crippen molar-refractivity contribution in [1.82, 2.24) is 14.9 Å². The third kappa shape index (κ3) is 3.69. The summed E-state index contributed by atoms with van der Waals surface area (Å²) in [5.41, 5.74) is 1.93. The zero-order valence-electron chi connectivity index (χ0n) is 16.6. The number of hydrogen-bond acceptors (Lipinski definition) is 4. The molecule has 29 heavy (non-hydrogen) atoms. The maximum atomic E-state index is 12.5. The first-order chi connectivity index (χ1) is 14.3. The van der Waals surface area contributed by atoms with E-state index in [1.54, 1.807) is 0 Å². The molecule has 5 rings (SSSR count). The third-order valence-electron chi connectivity index (χ3n) is 6.20. The molecule has 1 unspecified atom stereocenters. The van der Waals surface area contributed by atoms with Gasteiger partial charge in [-0.1, -0.05) is 55.3 Å². The maximum absolute atomic E-state index is 12.5. The van der Waals surface area contributed by atoms with Crippen LogP contribution in [0.1, 0.15) is 32.1 Å². The second-order valence-corrected chi connectivity index (χ2v) is 8.21. The first-order valence-electron chi connectivity index (χ1n) is 10.6. The molecule has 0 radical (unpaired) electrons. The zero-order chi connectivity index (χ0) is 19.6. The van der Waals surface area contributed by atoms with Gasteiger partial charge in [0.2, 0.25) is 5.91 Å². The van der Waals surface area contributed by atoms with E-state index in [0.717, 1.165) is 41.2 Å². The van der Waals surface area contributed by atoms with E-state index in [1.165, 1.54) is 25.7 Å². The van der Waals surface area contributed by atoms with E-state index in [4.69, 9.17) is 9.97 Å². The van der Waals surface area contributed by atoms with Gasteiger partial charge in [-0.2, -0.15) is 0 Å². The van der Waals surface area contributed by atoms with E-state index >= 15 is 0 Å². The minimum Gasteiger partial charge on any atom is -0.369 e. The number of benzene rings is 2. The smallest absolute Gasteiger partial charge is 0.223 e. The Morgan fingerprint density at radius 2 is 1.72 bits per heavy atom. The van der Waals surface area contributed by atoms with Gasteiger partial charge in [-0.15, -0.1) is 0 Å². The molecule has 1 saturated heterocycles. The molecule has 1 saturated carbocycles. The molecular weight excluding hydrogens is 360 g/mol. The molecule has 2 heterocycles. The molecule has 2 fully saturated rings. The molecule has 0 bridgehead atoms. The summed E-state index contributed by atoms with van der Waals surface area (Å²) in [5, 5.41) is 4.56. The van der Waals surface area contributed by atoms with Gasteiger partial charge in [0.15, 0.2) is 5.82 Å². The number of amides is 1. The average molecular weight is 386 g/mol. The van der Waals surface area contributed by atoms with E-state index in [1.807, 2.05) is 48.5 Å². The summed E-state index contributed by atoms with van der Waals surface area (Å²) in [6, 6.07) is 18.6. The van der Waals surface area contributed by atoms with Crippen molar-refractivity contribution >= 4 is 22.6 Å². The van der Waals surface area contributed by atoms with Gasteiger partial charge in [-0.3, -0.25) is 4.79 Å². The number of carbonyl (C=O) groups is 1. The quantitative estimate of drug-likeness (QED) is 0.701. The normalized spacial score (nSPS) is 19.9. The molecule has 2 aromatic carbocycles. The van der Waals surface area contributed by atoms with Gasteiger partial charge in [0.1, 0.15) is 5.82 Å². The monoisotopic (exact) mass is 386 g/mol. The second kappa shape index (κ2) is 7.82. The zero-order valence-corrected chi connectivity index (χ0v) is 16.6. The Kier molecular flexibility index (Phi) is 4.88. The summed E-state index contributed by atoms with van der Waals surface area (Å²) in [6.45, 7) is 1.62. The fraction of sp³-hybridized carbons (Fsp3) is 0.375. The Morgan fingerprint density at radius 3 is 2.55 bits per heavy atom. The van der Waals surface area contributed by atoms with Crippen LogP contribution in [0.25, 0.3) is 22.3 Å². The number of hydrogen-bond donors (Lipinski definition) is 1. The number of carbonyl (C=O) groups excluding carboxylic acids is 1. The van der Waals surface area contributed by atoms with Crippen molar-refractivity contribution in [1.29, 1.82) is 0 Å². The molecule has 1 aliphatic carbocycles. The number of rotatable bonds is 5. The molecule has 0 spiro atoms. The number of nitrogens with zero attached hydrogens (tertiary/aromatic N) is 3. The largest absolute Gasteiger partial charge is 0.369 e. The molecule has 5 heteroatoms. The van der Waals surface area contributed by atoms with Crippen LogP contribution in [0.2, 0.25) is 0 Å². The van der Waals surface area contributed by atoms with Crippen molar-refractivity contribution in [3.63, 3.8) is 0 Å². The van der Waals surface area contributed by atoms with Gasteiger partial charge in [0.05, 0.1) is 5.52 Å². The lowest BCUT2D eigenvalue weighted by atomic mass is 10.1. The number of nitrogens with one attached hydrogen (secondary N) is 1. The highest BCUT2D eigenvalue weighted by Crippen LogP contribution is 2.30. The molecule has 1 atom stereocenters. The Morgan fingerprint density at radius 1 is 0.966 bits per heavy atom. The molecule has 3 aromatic rings. The van der Waals surface area contributed by atoms with E-state index in [2.05, 4.69) is 16.3 Å². The Balaban J connectivity index is 1.37. The predicted octanol–water partition coefficient (Wildman–Crippen LogP) is 4.50. The van der Waals surface area contributed by atoms with Crippen LogP contribution >= 0.6 is 0 Å². The molecule has 148 valence electrons. The van der Waals surface area contributed by atoms with Gasteiger partial charge in [-0.05, 0) is 25.0 Å². The summed E-state index contributed by atoms with van der Waals surface area (Å²) >= 11 is 0. The lowest BCUT2D eigenvalue weighted by molar-refractivity contribution is -0.129. The highest BCUT2D eigenvalue weighted by Gasteiger charge is 2.35. The van der Waals surface area contributed by atoms with Gasteiger partial charge in [0, 0.05) is 42.4 Å². The Labute approximate surface area is 171 Å². The third-order valence-corrected chi connectivity index (χ3v) is 6.20. The maximum Gasteiger partial charge on any atom is 0.223 e. The molecule has 1 N–H and O–H groups in total. The van der Waals surface area contributed by atoms with Crippen molar-refractivity contribution in [3.05, 3.63) is 54.6 Å². The van der Waals surface area contributed by atoms with Gasteiger partial charge < -0.3 is 10.2 Å². The lowest BCUT2D eigenvalue weighted by Crippen LogP contribution is -2.34. The van der Waals surface area contributed by atoms with E-state index < -0.39 is 0 Å². The Bertz CT molecular complexity index is 1010. The summed E-state index contributed by atoms with van der Waals surface area (Å²) in [6.07, 6.45) is 5.49. The van der Waals surface area contributed by atoms with Gasteiger partial charge in [0.25, 0.3) is 0 Å². The van der Waals surface area contributed by atoms with E-state index in [-0.39, 0.29) is 0 Å². The van der Waals surface area contributed by atoms with Crippen molar-refractivity contribution < 1.29 is 4.79 Å². The SMILES string of the molecule is O=C1CC(CNc2nc(-c3ccccc3)nc3ccccc23)CN1C1CCCC1. The Hall–Kier alpha value is -2.95. The van der Waals surface area contributed by atoms with Crippen molar-refractivity contribution in [2.24, 2.45) is 5.92 Å². The van der Waals surface area contributed by atoms with Crippen LogP contribution in [0, 0.1) is 5.92 Å². The number of para-hydroxylation sites is 1. The van der Waals surface area contributed by atoms with E-state index in [0.29, 0.717) is 24.3 Å². The van der Waals surface area contributed by atoms with Crippen LogP contribution < -0.4 is 5.32 Å². The molecule has 5 nitrogen and oxygen atoms in total. The number of aromatic nitrogens is 2. The van der Waals surface area contributed by atoms with Crippen molar-refractivity contribution in [2.75, 3.05) is 18.4 Å². The fourth-order valence-electron chi connectivity index (χ4n) is 4.68. The standard InChI is InChI=1S/C24H26N4O/c29-22-14-17(16-28(22)19-10-4-5-11-19)15-25-24-20-12-6-7-13-21(20)26-23(27-24)18-8-2-1-3-9-18/h1-3,6-9,12-13,17,19H,4-5,10-11,14-16H2,(H,25,26,27). The molecule has 1 aliphatic heterocycles. The summed E-state index contributed by atoms with van der Waals surface area (Å²) in [7, 11) is 0. The molecule has 1 amide bonds. The van der Waals surface area contributed by atoms with Gasteiger partial charge >= 0.3 is 0 Å². The first kappa shape index (κ1) is 18.1. The lowest BCUT2D eigenvalue weighted by Gasteiger charge is -2.24. The number of likely N-dealkylation sites (tertiary alicyclic amines) is 1. The minimum atomic E-state index is 0.321. The van der Waals surface area contributed by atoms with Crippen LogP contribution in [0.3, 0.4) is 0 Å². The molecule has 1 aromatic heterocycles.